The third-order valence-electron chi connectivity index (χ3n) is 6.03. The molecule has 1 atom stereocenters. The predicted octanol–water partition coefficient (Wildman–Crippen LogP) is 2.08. The van der Waals surface area contributed by atoms with E-state index in [1.54, 1.807) is 0 Å². The van der Waals surface area contributed by atoms with E-state index in [2.05, 4.69) is 34.9 Å². The van der Waals surface area contributed by atoms with Gasteiger partial charge < -0.3 is 4.90 Å². The highest BCUT2D eigenvalue weighted by Gasteiger charge is 2.42. The van der Waals surface area contributed by atoms with Crippen molar-refractivity contribution in [3.8, 4) is 0 Å². The number of piperidine rings is 2. The van der Waals surface area contributed by atoms with Gasteiger partial charge in [-0.2, -0.15) is 5.10 Å². The number of hydrogen-bond donors (Lipinski definition) is 0. The van der Waals surface area contributed by atoms with E-state index in [-0.39, 0.29) is 5.54 Å². The Morgan fingerprint density at radius 1 is 1.26 bits per heavy atom. The zero-order valence-electron chi connectivity index (χ0n) is 14.8. The second kappa shape index (κ2) is 6.63. The molecule has 2 aliphatic heterocycles. The highest BCUT2D eigenvalue weighted by Crippen LogP contribution is 2.30. The predicted molar refractivity (Wildman–Crippen MR) is 91.1 cm³/mol. The van der Waals surface area contributed by atoms with E-state index in [1.807, 2.05) is 17.9 Å². The van der Waals surface area contributed by atoms with E-state index in [0.29, 0.717) is 11.8 Å². The maximum Gasteiger partial charge on any atom is 0.242 e. The van der Waals surface area contributed by atoms with Crippen molar-refractivity contribution in [2.45, 2.75) is 51.0 Å². The lowest BCUT2D eigenvalue weighted by molar-refractivity contribution is -0.146. The van der Waals surface area contributed by atoms with Crippen LogP contribution in [0.1, 0.15) is 44.7 Å². The molecular weight excluding hydrogens is 288 g/mol. The third kappa shape index (κ3) is 3.30. The first-order valence-corrected chi connectivity index (χ1v) is 8.98. The highest BCUT2D eigenvalue weighted by molar-refractivity contribution is 5.86. The lowest BCUT2D eigenvalue weighted by Crippen LogP contribution is -2.59. The number of nitrogens with zero attached hydrogens (tertiary/aromatic N) is 4. The Bertz CT molecular complexity index is 547. The first-order valence-electron chi connectivity index (χ1n) is 8.98. The Hall–Kier alpha value is -1.36. The summed E-state index contributed by atoms with van der Waals surface area (Å²) in [6.45, 7) is 4.99. The van der Waals surface area contributed by atoms with Crippen LogP contribution in [0.15, 0.2) is 12.3 Å². The molecule has 0 bridgehead atoms. The van der Waals surface area contributed by atoms with Crippen molar-refractivity contribution in [2.75, 3.05) is 26.7 Å². The van der Waals surface area contributed by atoms with E-state index in [0.717, 1.165) is 45.3 Å². The minimum Gasteiger partial charge on any atom is -0.341 e. The van der Waals surface area contributed by atoms with Gasteiger partial charge in [-0.05, 0) is 71.0 Å². The number of likely N-dealkylation sites (N-methyl/N-ethyl adjacent to an activating group) is 1. The van der Waals surface area contributed by atoms with E-state index >= 15 is 0 Å². The lowest BCUT2D eigenvalue weighted by atomic mass is 9.85. The Labute approximate surface area is 139 Å². The summed E-state index contributed by atoms with van der Waals surface area (Å²) in [5, 5.41) is 4.25. The van der Waals surface area contributed by atoms with Gasteiger partial charge in [-0.15, -0.1) is 0 Å². The molecule has 0 spiro atoms. The number of rotatable bonds is 3. The van der Waals surface area contributed by atoms with Crippen molar-refractivity contribution in [1.29, 1.82) is 0 Å². The number of carbonyl (C=O) groups excluding carboxylic acids is 1. The molecule has 3 rings (SSSR count). The Morgan fingerprint density at radius 2 is 2.00 bits per heavy atom. The number of carbonyl (C=O) groups is 1. The van der Waals surface area contributed by atoms with Crippen LogP contribution in [0.2, 0.25) is 0 Å². The average molecular weight is 318 g/mol. The molecule has 23 heavy (non-hydrogen) atoms. The van der Waals surface area contributed by atoms with Gasteiger partial charge in [0.15, 0.2) is 0 Å². The van der Waals surface area contributed by atoms with Crippen LogP contribution in [0, 0.1) is 5.92 Å². The minimum absolute atomic E-state index is 0.285. The topological polar surface area (TPSA) is 41.4 Å². The molecule has 0 aliphatic carbocycles. The first-order chi connectivity index (χ1) is 11.0. The van der Waals surface area contributed by atoms with Gasteiger partial charge in [0.25, 0.3) is 0 Å². The van der Waals surface area contributed by atoms with Crippen LogP contribution < -0.4 is 0 Å². The number of hydrogen-bond acceptors (Lipinski definition) is 3. The Balaban J connectivity index is 1.56. The van der Waals surface area contributed by atoms with Gasteiger partial charge in [-0.1, -0.05) is 0 Å². The van der Waals surface area contributed by atoms with Crippen molar-refractivity contribution in [1.82, 2.24) is 19.6 Å². The van der Waals surface area contributed by atoms with Crippen LogP contribution in [0.5, 0.6) is 0 Å². The number of aromatic nitrogens is 2. The molecular formula is C18H30N4O. The van der Waals surface area contributed by atoms with E-state index in [1.165, 1.54) is 18.5 Å². The molecule has 128 valence electrons. The van der Waals surface area contributed by atoms with Crippen molar-refractivity contribution in [2.24, 2.45) is 13.0 Å². The maximum absolute atomic E-state index is 13.0. The smallest absolute Gasteiger partial charge is 0.242 e. The number of aryl methyl sites for hydroxylation is 1. The van der Waals surface area contributed by atoms with Gasteiger partial charge in [-0.25, -0.2) is 0 Å². The fraction of sp³-hybridized carbons (Fsp3) is 0.778. The SMILES string of the molecule is CN1CCCCC1(C)C(=O)N1CCC(Cc2ccnn2C)CC1. The van der Waals surface area contributed by atoms with Crippen molar-refractivity contribution >= 4 is 5.91 Å². The summed E-state index contributed by atoms with van der Waals surface area (Å²) in [6, 6.07) is 2.11. The van der Waals surface area contributed by atoms with Gasteiger partial charge in [0.05, 0.1) is 5.54 Å². The summed E-state index contributed by atoms with van der Waals surface area (Å²) in [7, 11) is 4.11. The van der Waals surface area contributed by atoms with Gasteiger partial charge in [0.2, 0.25) is 5.91 Å². The molecule has 5 nitrogen and oxygen atoms in total. The second-order valence-corrected chi connectivity index (χ2v) is 7.54. The Morgan fingerprint density at radius 3 is 2.61 bits per heavy atom. The summed E-state index contributed by atoms with van der Waals surface area (Å²) >= 11 is 0. The molecule has 5 heteroatoms. The van der Waals surface area contributed by atoms with E-state index in [4.69, 9.17) is 0 Å². The van der Waals surface area contributed by atoms with Crippen LogP contribution >= 0.6 is 0 Å². The van der Waals surface area contributed by atoms with Gasteiger partial charge in [-0.3, -0.25) is 14.4 Å². The number of likely N-dealkylation sites (tertiary alicyclic amines) is 2. The van der Waals surface area contributed by atoms with Crippen LogP contribution in [0.4, 0.5) is 0 Å². The van der Waals surface area contributed by atoms with Crippen molar-refractivity contribution < 1.29 is 4.79 Å². The van der Waals surface area contributed by atoms with Crippen molar-refractivity contribution in [3.05, 3.63) is 18.0 Å². The fourth-order valence-corrected chi connectivity index (χ4v) is 4.10. The van der Waals surface area contributed by atoms with Crippen LogP contribution in [0.3, 0.4) is 0 Å². The molecule has 0 radical (unpaired) electrons. The maximum atomic E-state index is 13.0. The van der Waals surface area contributed by atoms with Gasteiger partial charge in [0.1, 0.15) is 0 Å². The molecule has 0 saturated carbocycles. The minimum atomic E-state index is -0.285. The van der Waals surface area contributed by atoms with E-state index in [9.17, 15) is 4.79 Å². The largest absolute Gasteiger partial charge is 0.341 e. The summed E-state index contributed by atoms with van der Waals surface area (Å²) in [6.07, 6.45) is 8.55. The molecule has 1 aromatic heterocycles. The first kappa shape index (κ1) is 16.5. The van der Waals surface area contributed by atoms with Crippen LogP contribution in [0.25, 0.3) is 0 Å². The van der Waals surface area contributed by atoms with E-state index < -0.39 is 0 Å². The zero-order valence-corrected chi connectivity index (χ0v) is 14.8. The Kier molecular flexibility index (Phi) is 4.76. The van der Waals surface area contributed by atoms with Gasteiger partial charge >= 0.3 is 0 Å². The van der Waals surface area contributed by atoms with Crippen LogP contribution in [-0.4, -0.2) is 57.7 Å². The molecule has 2 fully saturated rings. The standard InChI is InChI=1S/C18H30N4O/c1-18(9-4-5-11-20(18)2)17(23)22-12-7-15(8-13-22)14-16-6-10-19-21(16)3/h6,10,15H,4-5,7-9,11-14H2,1-3H3. The monoisotopic (exact) mass is 318 g/mol. The van der Waals surface area contributed by atoms with Gasteiger partial charge in [0, 0.05) is 32.0 Å². The lowest BCUT2D eigenvalue weighted by Gasteiger charge is -2.45. The summed E-state index contributed by atoms with van der Waals surface area (Å²) in [5.41, 5.74) is 1.02. The highest BCUT2D eigenvalue weighted by atomic mass is 16.2. The third-order valence-corrected chi connectivity index (χ3v) is 6.03. The summed E-state index contributed by atoms with van der Waals surface area (Å²) in [4.78, 5) is 17.4. The molecule has 0 N–H and O–H groups in total. The molecule has 1 aromatic rings. The van der Waals surface area contributed by atoms with Crippen molar-refractivity contribution in [3.63, 3.8) is 0 Å². The second-order valence-electron chi connectivity index (χ2n) is 7.54. The number of amides is 1. The van der Waals surface area contributed by atoms with Crippen LogP contribution in [-0.2, 0) is 18.3 Å². The molecule has 1 unspecified atom stereocenters. The average Bonchev–Trinajstić information content (AvgIpc) is 2.95. The summed E-state index contributed by atoms with van der Waals surface area (Å²) in [5.74, 6) is 1.02. The molecule has 3 heterocycles. The molecule has 2 aliphatic rings. The molecule has 0 aromatic carbocycles. The summed E-state index contributed by atoms with van der Waals surface area (Å²) < 4.78 is 1.97. The normalized spacial score (nSPS) is 27.3. The molecule has 2 saturated heterocycles. The fourth-order valence-electron chi connectivity index (χ4n) is 4.10. The molecule has 1 amide bonds. The zero-order chi connectivity index (χ0) is 16.4. The quantitative estimate of drug-likeness (QED) is 0.857.